The Morgan fingerprint density at radius 2 is 1.70 bits per heavy atom. The standard InChI is InChI=1S/C34H37N7O8S/c1-20-15-24(41(21(2)17-35)22(3)18-36)12-13-25(20)37-31(33(43)39-27-16-23(34(44)49-6)11-14-28(27)47-4)32-38-26-9-7-8-10-29(26)50(45,46)40(32)19-30(42)48-5/h11-16,21-22H,7-10,19H2,1-6H3,(H,39,43)/b37-31-. The third kappa shape index (κ3) is 7.61. The number of carbonyl (C=O) groups excluding carboxylic acids is 3. The van der Waals surface area contributed by atoms with Gasteiger partial charge < -0.3 is 24.4 Å². The van der Waals surface area contributed by atoms with E-state index in [-0.39, 0.29) is 39.7 Å². The molecule has 1 aliphatic heterocycles. The molecule has 2 aromatic carbocycles. The monoisotopic (exact) mass is 703 g/mol. The number of sulfonamides is 1. The van der Waals surface area contributed by atoms with Gasteiger partial charge >= 0.3 is 11.9 Å². The van der Waals surface area contributed by atoms with Crippen LogP contribution in [0, 0.1) is 29.6 Å². The Balaban J connectivity index is 1.95. The maximum atomic E-state index is 14.3. The van der Waals surface area contributed by atoms with Gasteiger partial charge in [-0.3, -0.25) is 9.59 Å². The number of hydrogen-bond donors (Lipinski definition) is 1. The van der Waals surface area contributed by atoms with Crippen molar-refractivity contribution in [2.75, 3.05) is 38.1 Å². The van der Waals surface area contributed by atoms with Gasteiger partial charge in [-0.1, -0.05) is 0 Å². The molecule has 0 fully saturated rings. The Labute approximate surface area is 290 Å². The third-order valence-corrected chi connectivity index (χ3v) is 10.1. The van der Waals surface area contributed by atoms with Crippen LogP contribution in [0.5, 0.6) is 5.75 Å². The fourth-order valence-corrected chi connectivity index (χ4v) is 7.33. The summed E-state index contributed by atoms with van der Waals surface area (Å²) in [5.41, 5.74) is 1.21. The number of rotatable bonds is 11. The van der Waals surface area contributed by atoms with E-state index < -0.39 is 58.0 Å². The van der Waals surface area contributed by atoms with Gasteiger partial charge in [-0.25, -0.2) is 27.5 Å². The molecule has 1 heterocycles. The minimum Gasteiger partial charge on any atom is -0.495 e. The first-order valence-corrected chi connectivity index (χ1v) is 17.0. The van der Waals surface area contributed by atoms with Gasteiger partial charge in [0.05, 0.1) is 61.0 Å². The van der Waals surface area contributed by atoms with E-state index >= 15 is 0 Å². The highest BCUT2D eigenvalue weighted by Crippen LogP contribution is 2.36. The number of esters is 2. The molecule has 2 atom stereocenters. The van der Waals surface area contributed by atoms with Crippen LogP contribution < -0.4 is 15.0 Å². The maximum absolute atomic E-state index is 14.3. The first kappa shape index (κ1) is 37.1. The fourth-order valence-electron chi connectivity index (χ4n) is 5.59. The molecule has 0 radical (unpaired) electrons. The average molecular weight is 704 g/mol. The second kappa shape index (κ2) is 15.7. The van der Waals surface area contributed by atoms with Crippen LogP contribution in [-0.2, 0) is 29.1 Å². The molecule has 0 saturated heterocycles. The van der Waals surface area contributed by atoms with Crippen LogP contribution in [0.2, 0.25) is 0 Å². The summed E-state index contributed by atoms with van der Waals surface area (Å²) in [6, 6.07) is 12.1. The second-order valence-electron chi connectivity index (χ2n) is 11.4. The van der Waals surface area contributed by atoms with Gasteiger partial charge in [0, 0.05) is 5.69 Å². The van der Waals surface area contributed by atoms with Crippen molar-refractivity contribution in [3.63, 3.8) is 0 Å². The Morgan fingerprint density at radius 1 is 1.02 bits per heavy atom. The largest absolute Gasteiger partial charge is 0.495 e. The highest BCUT2D eigenvalue weighted by Gasteiger charge is 2.42. The van der Waals surface area contributed by atoms with E-state index in [9.17, 15) is 33.3 Å². The molecule has 2 unspecified atom stereocenters. The summed E-state index contributed by atoms with van der Waals surface area (Å²) < 4.78 is 43.8. The lowest BCUT2D eigenvalue weighted by Crippen LogP contribution is -2.50. The van der Waals surface area contributed by atoms with Crippen molar-refractivity contribution in [2.24, 2.45) is 9.98 Å². The van der Waals surface area contributed by atoms with Gasteiger partial charge in [-0.15, -0.1) is 0 Å². The molecule has 262 valence electrons. The van der Waals surface area contributed by atoms with E-state index in [0.717, 1.165) is 11.4 Å². The van der Waals surface area contributed by atoms with Crippen molar-refractivity contribution in [3.05, 3.63) is 58.1 Å². The molecule has 0 saturated carbocycles. The summed E-state index contributed by atoms with van der Waals surface area (Å²) in [7, 11) is -0.669. The van der Waals surface area contributed by atoms with Crippen LogP contribution in [0.1, 0.15) is 55.5 Å². The molecule has 1 aliphatic carbocycles. The van der Waals surface area contributed by atoms with E-state index in [0.29, 0.717) is 30.5 Å². The van der Waals surface area contributed by atoms with Crippen molar-refractivity contribution in [1.82, 2.24) is 4.31 Å². The zero-order valence-corrected chi connectivity index (χ0v) is 29.3. The number of benzene rings is 2. The van der Waals surface area contributed by atoms with E-state index in [1.165, 1.54) is 32.4 Å². The Morgan fingerprint density at radius 3 is 2.30 bits per heavy atom. The number of amides is 1. The van der Waals surface area contributed by atoms with E-state index in [4.69, 9.17) is 14.2 Å². The molecule has 50 heavy (non-hydrogen) atoms. The molecule has 1 N–H and O–H groups in total. The van der Waals surface area contributed by atoms with Crippen LogP contribution in [0.25, 0.3) is 0 Å². The van der Waals surface area contributed by atoms with Crippen molar-refractivity contribution in [1.29, 1.82) is 10.5 Å². The predicted octanol–water partition coefficient (Wildman–Crippen LogP) is 4.13. The zero-order valence-electron chi connectivity index (χ0n) is 28.5. The van der Waals surface area contributed by atoms with Crippen LogP contribution >= 0.6 is 0 Å². The molecule has 2 aromatic rings. The summed E-state index contributed by atoms with van der Waals surface area (Å²) in [5, 5.41) is 21.9. The summed E-state index contributed by atoms with van der Waals surface area (Å²) in [6.07, 6.45) is 1.80. The molecule has 16 heteroatoms. The lowest BCUT2D eigenvalue weighted by atomic mass is 10.0. The van der Waals surface area contributed by atoms with Crippen LogP contribution in [0.4, 0.5) is 17.1 Å². The summed E-state index contributed by atoms with van der Waals surface area (Å²) in [4.78, 5) is 50.2. The molecule has 0 bridgehead atoms. The van der Waals surface area contributed by atoms with Crippen LogP contribution in [0.15, 0.2) is 57.0 Å². The molecule has 4 rings (SSSR count). The maximum Gasteiger partial charge on any atom is 0.337 e. The highest BCUT2D eigenvalue weighted by molar-refractivity contribution is 7.93. The highest BCUT2D eigenvalue weighted by atomic mass is 32.2. The van der Waals surface area contributed by atoms with Gasteiger partial charge in [0.25, 0.3) is 15.9 Å². The SMILES string of the molecule is COC(=O)CN1C(/C(=N/c2ccc(N(C(C)C#N)C(C)C#N)cc2C)C(=O)Nc2cc(C(=O)OC)ccc2OC)=NC2=C(CCCC2)S1(=O)=O. The van der Waals surface area contributed by atoms with Crippen molar-refractivity contribution in [3.8, 4) is 17.9 Å². The molecule has 0 aromatic heterocycles. The minimum absolute atomic E-state index is 0.0446. The molecular weight excluding hydrogens is 666 g/mol. The first-order valence-electron chi connectivity index (χ1n) is 15.6. The van der Waals surface area contributed by atoms with E-state index in [1.807, 2.05) is 0 Å². The normalized spacial score (nSPS) is 16.4. The summed E-state index contributed by atoms with van der Waals surface area (Å²) in [6.45, 7) is 4.23. The minimum atomic E-state index is -4.34. The number of nitrogens with one attached hydrogen (secondary N) is 1. The molecule has 15 nitrogen and oxygen atoms in total. The topological polar surface area (TPSA) is 204 Å². The number of aryl methyl sites for hydroxylation is 1. The number of nitriles is 2. The number of ether oxygens (including phenoxy) is 3. The number of anilines is 2. The molecule has 1 amide bonds. The number of allylic oxidation sites excluding steroid dienone is 2. The average Bonchev–Trinajstić information content (AvgIpc) is 3.11. The summed E-state index contributed by atoms with van der Waals surface area (Å²) in [5.74, 6) is -2.74. The molecule has 0 spiro atoms. The van der Waals surface area contributed by atoms with E-state index in [1.54, 1.807) is 43.9 Å². The Hall–Kier alpha value is -5.74. The molecular formula is C34H37N7O8S. The number of methoxy groups -OCH3 is 3. The lowest BCUT2D eigenvalue weighted by Gasteiger charge is -2.32. The van der Waals surface area contributed by atoms with Crippen molar-refractivity contribution >= 4 is 56.5 Å². The van der Waals surface area contributed by atoms with Gasteiger partial charge in [-0.05, 0) is 88.4 Å². The van der Waals surface area contributed by atoms with Crippen LogP contribution in [0.3, 0.4) is 0 Å². The van der Waals surface area contributed by atoms with Crippen LogP contribution in [-0.4, -0.2) is 82.1 Å². The number of hydrogen-bond acceptors (Lipinski definition) is 13. The smallest absolute Gasteiger partial charge is 0.337 e. The van der Waals surface area contributed by atoms with Gasteiger partial charge in [0.2, 0.25) is 0 Å². The molecule has 2 aliphatic rings. The number of amidine groups is 1. The van der Waals surface area contributed by atoms with Gasteiger partial charge in [0.15, 0.2) is 11.5 Å². The van der Waals surface area contributed by atoms with E-state index in [2.05, 4.69) is 27.4 Å². The van der Waals surface area contributed by atoms with Crippen molar-refractivity contribution < 1.29 is 37.0 Å². The quantitative estimate of drug-likeness (QED) is 0.260. The van der Waals surface area contributed by atoms with Gasteiger partial charge in [0.1, 0.15) is 24.4 Å². The van der Waals surface area contributed by atoms with Gasteiger partial charge in [-0.2, -0.15) is 10.5 Å². The zero-order chi connectivity index (χ0) is 36.7. The second-order valence-corrected chi connectivity index (χ2v) is 13.3. The Bertz CT molecular complexity index is 1970. The summed E-state index contributed by atoms with van der Waals surface area (Å²) >= 11 is 0. The third-order valence-electron chi connectivity index (χ3n) is 8.18. The number of nitrogens with zero attached hydrogens (tertiary/aromatic N) is 6. The first-order chi connectivity index (χ1) is 23.8. The Kier molecular flexibility index (Phi) is 11.6. The number of aliphatic imine (C=N–C) groups is 2. The fraction of sp³-hybridized carbons (Fsp3) is 0.382. The van der Waals surface area contributed by atoms with Crippen molar-refractivity contribution in [2.45, 2.75) is 58.5 Å². The lowest BCUT2D eigenvalue weighted by molar-refractivity contribution is -0.140. The predicted molar refractivity (Wildman–Crippen MR) is 184 cm³/mol. The number of carbonyl (C=O) groups is 3.